The Morgan fingerprint density at radius 3 is 2.39 bits per heavy atom. The van der Waals surface area contributed by atoms with Gasteiger partial charge in [0.2, 0.25) is 0 Å². The van der Waals surface area contributed by atoms with Crippen molar-refractivity contribution in [3.63, 3.8) is 0 Å². The third-order valence-electron chi connectivity index (χ3n) is 6.23. The van der Waals surface area contributed by atoms with E-state index in [0.29, 0.717) is 19.4 Å². The van der Waals surface area contributed by atoms with E-state index in [9.17, 15) is 34.5 Å². The van der Waals surface area contributed by atoms with E-state index in [2.05, 4.69) is 0 Å². The second-order valence-corrected chi connectivity index (χ2v) is 8.90. The highest BCUT2D eigenvalue weighted by atomic mass is 16.5. The number of carboxylic acid groups (broad SMARTS) is 2. The van der Waals surface area contributed by atoms with Crippen LogP contribution in [0.1, 0.15) is 78.6 Å². The van der Waals surface area contributed by atoms with Gasteiger partial charge in [0.25, 0.3) is 0 Å². The van der Waals surface area contributed by atoms with Gasteiger partial charge in [-0.05, 0) is 46.0 Å². The molecule has 0 aliphatic heterocycles. The quantitative estimate of drug-likeness (QED) is 0.143. The van der Waals surface area contributed by atoms with Crippen molar-refractivity contribution in [2.45, 2.75) is 84.2 Å². The fraction of sp³-hybridized carbons (Fsp3) is 0.680. The Bertz CT molecular complexity index is 752. The maximum atomic E-state index is 13.0. The summed E-state index contributed by atoms with van der Waals surface area (Å²) in [6, 6.07) is 0. The molecule has 0 amide bonds. The summed E-state index contributed by atoms with van der Waals surface area (Å²) in [5, 5.41) is 30.1. The van der Waals surface area contributed by atoms with E-state index in [-0.39, 0.29) is 31.7 Å². The molecule has 0 heterocycles. The third kappa shape index (κ3) is 8.11. The lowest BCUT2D eigenvalue weighted by molar-refractivity contribution is -0.157. The Labute approximate surface area is 195 Å². The van der Waals surface area contributed by atoms with Gasteiger partial charge >= 0.3 is 17.9 Å². The molecule has 1 aliphatic rings. The zero-order valence-corrected chi connectivity index (χ0v) is 19.9. The van der Waals surface area contributed by atoms with Crippen LogP contribution in [0.2, 0.25) is 0 Å². The first-order valence-electron chi connectivity index (χ1n) is 11.7. The van der Waals surface area contributed by atoms with Crippen LogP contribution in [0, 0.1) is 17.3 Å². The lowest BCUT2D eigenvalue weighted by atomic mass is 9.72. The average Bonchev–Trinajstić information content (AvgIpc) is 3.02. The van der Waals surface area contributed by atoms with Crippen molar-refractivity contribution in [3.8, 4) is 0 Å². The highest BCUT2D eigenvalue weighted by Gasteiger charge is 2.60. The summed E-state index contributed by atoms with van der Waals surface area (Å²) < 4.78 is 4.85. The Kier molecular flexibility index (Phi) is 11.5. The van der Waals surface area contributed by atoms with E-state index in [4.69, 9.17) is 4.74 Å². The molecule has 0 radical (unpaired) electrons. The Morgan fingerprint density at radius 1 is 1.15 bits per heavy atom. The van der Waals surface area contributed by atoms with Crippen LogP contribution < -0.4 is 0 Å². The van der Waals surface area contributed by atoms with E-state index >= 15 is 0 Å². The molecule has 1 fully saturated rings. The summed E-state index contributed by atoms with van der Waals surface area (Å²) in [5.74, 6) is -6.04. The van der Waals surface area contributed by atoms with Crippen molar-refractivity contribution in [3.05, 3.63) is 24.3 Å². The second kappa shape index (κ2) is 13.3. The molecule has 0 aromatic heterocycles. The molecule has 3 N–H and O–H groups in total. The number of esters is 1. The number of aliphatic carboxylic acids is 2. The Balaban J connectivity index is 3.01. The van der Waals surface area contributed by atoms with Crippen LogP contribution >= 0.6 is 0 Å². The summed E-state index contributed by atoms with van der Waals surface area (Å²) in [6.07, 6.45) is 10.4. The summed E-state index contributed by atoms with van der Waals surface area (Å²) in [4.78, 5) is 48.3. The van der Waals surface area contributed by atoms with Gasteiger partial charge in [0.1, 0.15) is 11.3 Å². The molecule has 8 heteroatoms. The maximum Gasteiger partial charge on any atom is 0.317 e. The van der Waals surface area contributed by atoms with Crippen LogP contribution in [0.25, 0.3) is 0 Å². The predicted molar refractivity (Wildman–Crippen MR) is 122 cm³/mol. The minimum absolute atomic E-state index is 0.0617. The molecular weight excluding hydrogens is 428 g/mol. The molecule has 0 aromatic carbocycles. The first kappa shape index (κ1) is 28.6. The lowest BCUT2D eigenvalue weighted by Crippen LogP contribution is -2.42. The molecule has 186 valence electrons. The highest BCUT2D eigenvalue weighted by molar-refractivity contribution is 6.13. The number of carbonyl (C=O) groups excluding carboxylic acids is 2. The molecule has 0 spiro atoms. The van der Waals surface area contributed by atoms with Gasteiger partial charge in [-0.15, -0.1) is 0 Å². The second-order valence-electron chi connectivity index (χ2n) is 8.90. The van der Waals surface area contributed by atoms with Crippen molar-refractivity contribution in [2.24, 2.45) is 17.3 Å². The van der Waals surface area contributed by atoms with Crippen LogP contribution in [0.5, 0.6) is 0 Å². The summed E-state index contributed by atoms with van der Waals surface area (Å²) in [6.45, 7) is 5.70. The van der Waals surface area contributed by atoms with Gasteiger partial charge < -0.3 is 20.1 Å². The van der Waals surface area contributed by atoms with Crippen LogP contribution in [0.3, 0.4) is 0 Å². The number of allylic oxidation sites excluding steroid dienone is 3. The van der Waals surface area contributed by atoms with Gasteiger partial charge in [0.05, 0.1) is 12.2 Å². The summed E-state index contributed by atoms with van der Waals surface area (Å²) >= 11 is 0. The van der Waals surface area contributed by atoms with Gasteiger partial charge in [0.15, 0.2) is 5.78 Å². The highest BCUT2D eigenvalue weighted by Crippen LogP contribution is 2.48. The Morgan fingerprint density at radius 2 is 1.82 bits per heavy atom. The number of Topliss-reactive ketones (excluding diaryl/α,β-unsaturated/α-hetero) is 1. The van der Waals surface area contributed by atoms with E-state index in [1.807, 2.05) is 6.92 Å². The van der Waals surface area contributed by atoms with Crippen molar-refractivity contribution in [2.75, 3.05) is 6.61 Å². The maximum absolute atomic E-state index is 13.0. The number of ether oxygens (including phenoxy) is 1. The molecule has 1 aliphatic carbocycles. The number of hydrogen-bond acceptors (Lipinski definition) is 6. The minimum Gasteiger partial charge on any atom is -0.481 e. The number of aliphatic hydroxyl groups is 1. The molecule has 1 saturated carbocycles. The predicted octanol–water partition coefficient (Wildman–Crippen LogP) is 3.91. The van der Waals surface area contributed by atoms with Crippen LogP contribution in [0.4, 0.5) is 0 Å². The smallest absolute Gasteiger partial charge is 0.317 e. The largest absolute Gasteiger partial charge is 0.481 e. The SMILES string of the molecule is CCCCCC(C)(O)C=CC1C[C@@H](C(=O)O)C(=O)[C@]1(CCC=CCCC(=O)OCC)C(=O)O. The number of hydrogen-bond donors (Lipinski definition) is 3. The van der Waals surface area contributed by atoms with E-state index in [0.717, 1.165) is 19.3 Å². The summed E-state index contributed by atoms with van der Waals surface area (Å²) in [7, 11) is 0. The van der Waals surface area contributed by atoms with Crippen LogP contribution in [-0.4, -0.2) is 51.2 Å². The number of ketones is 1. The monoisotopic (exact) mass is 466 g/mol. The standard InChI is InChI=1S/C25H38O8/c1-4-6-10-14-24(3,32)16-13-18-17-19(22(28)29)21(27)25(18,23(30)31)15-11-8-7-9-12-20(26)33-5-2/h7-8,13,16,18-19,32H,4-6,9-12,14-15,17H2,1-3H3,(H,28,29)(H,30,31)/t18?,19-,24?,25-/m1/s1. The van der Waals surface area contributed by atoms with Crippen LogP contribution in [0.15, 0.2) is 24.3 Å². The molecule has 8 nitrogen and oxygen atoms in total. The first-order chi connectivity index (χ1) is 15.5. The molecule has 0 bridgehead atoms. The van der Waals surface area contributed by atoms with Crippen molar-refractivity contribution in [1.82, 2.24) is 0 Å². The van der Waals surface area contributed by atoms with E-state index in [1.165, 1.54) is 12.2 Å². The molecule has 0 saturated heterocycles. The average molecular weight is 467 g/mol. The van der Waals surface area contributed by atoms with E-state index in [1.54, 1.807) is 26.0 Å². The fourth-order valence-corrected chi connectivity index (χ4v) is 4.31. The lowest BCUT2D eigenvalue weighted by Gasteiger charge is -2.28. The number of unbranched alkanes of at least 4 members (excludes halogenated alkanes) is 2. The topological polar surface area (TPSA) is 138 Å². The molecule has 33 heavy (non-hydrogen) atoms. The third-order valence-corrected chi connectivity index (χ3v) is 6.23. The molecule has 2 unspecified atom stereocenters. The van der Waals surface area contributed by atoms with Gasteiger partial charge in [0, 0.05) is 12.3 Å². The van der Waals surface area contributed by atoms with E-state index < -0.39 is 40.6 Å². The zero-order chi connectivity index (χ0) is 25.1. The number of carbonyl (C=O) groups is 4. The molecule has 0 aromatic rings. The first-order valence-corrected chi connectivity index (χ1v) is 11.7. The summed E-state index contributed by atoms with van der Waals surface area (Å²) in [5.41, 5.74) is -3.04. The molecular formula is C25H38O8. The van der Waals surface area contributed by atoms with Gasteiger partial charge in [-0.3, -0.25) is 19.2 Å². The minimum atomic E-state index is -1.87. The van der Waals surface area contributed by atoms with Gasteiger partial charge in [-0.1, -0.05) is 50.5 Å². The van der Waals surface area contributed by atoms with Gasteiger partial charge in [-0.2, -0.15) is 0 Å². The fourth-order valence-electron chi connectivity index (χ4n) is 4.31. The van der Waals surface area contributed by atoms with Crippen molar-refractivity contribution >= 4 is 23.7 Å². The van der Waals surface area contributed by atoms with Crippen molar-refractivity contribution in [1.29, 1.82) is 0 Å². The normalized spacial score (nSPS) is 24.9. The van der Waals surface area contributed by atoms with Crippen molar-refractivity contribution < 1.29 is 39.2 Å². The van der Waals surface area contributed by atoms with Gasteiger partial charge in [-0.25, -0.2) is 0 Å². The Hall–Kier alpha value is -2.48. The zero-order valence-electron chi connectivity index (χ0n) is 19.9. The number of rotatable bonds is 15. The molecule has 1 rings (SSSR count). The molecule has 4 atom stereocenters. The number of carboxylic acids is 2. The van der Waals surface area contributed by atoms with Crippen LogP contribution in [-0.2, 0) is 23.9 Å².